The van der Waals surface area contributed by atoms with Crippen LogP contribution >= 0.6 is 0 Å². The van der Waals surface area contributed by atoms with E-state index in [0.717, 1.165) is 0 Å². The zero-order chi connectivity index (χ0) is 8.10. The van der Waals surface area contributed by atoms with E-state index in [1.807, 2.05) is 0 Å². The van der Waals surface area contributed by atoms with Gasteiger partial charge in [-0.15, -0.1) is 0 Å². The number of rotatable bonds is 0. The van der Waals surface area contributed by atoms with E-state index < -0.39 is 0 Å². The van der Waals surface area contributed by atoms with Crippen LogP contribution in [0.2, 0.25) is 0 Å². The molecular formula is C7H10O4. The van der Waals surface area contributed by atoms with Crippen LogP contribution < -0.4 is 0 Å². The van der Waals surface area contributed by atoms with Crippen LogP contribution in [0.15, 0.2) is 0 Å². The monoisotopic (exact) mass is 158 g/mol. The van der Waals surface area contributed by atoms with Crippen molar-refractivity contribution in [2.24, 2.45) is 0 Å². The lowest BCUT2D eigenvalue weighted by molar-refractivity contribution is -0.146. The van der Waals surface area contributed by atoms with Gasteiger partial charge in [0, 0.05) is 6.42 Å². The molecule has 0 unspecified atom stereocenters. The first-order valence-corrected chi connectivity index (χ1v) is 3.60. The average Bonchev–Trinajstić information content (AvgIpc) is 2.04. The minimum Gasteiger partial charge on any atom is -0.466 e. The Bertz CT molecular complexity index is 146. The van der Waals surface area contributed by atoms with E-state index >= 15 is 0 Å². The van der Waals surface area contributed by atoms with Gasteiger partial charge in [-0.25, -0.2) is 0 Å². The first-order valence-electron chi connectivity index (χ1n) is 3.60. The lowest BCUT2D eigenvalue weighted by Gasteiger charge is -1.98. The molecule has 0 aromatic heterocycles. The molecular weight excluding hydrogens is 148 g/mol. The smallest absolute Gasteiger partial charge is 0.309 e. The Morgan fingerprint density at radius 1 is 0.909 bits per heavy atom. The molecule has 1 rings (SSSR count). The number of ether oxygens (including phenoxy) is 2. The topological polar surface area (TPSA) is 52.6 Å². The molecule has 1 aliphatic rings. The average molecular weight is 158 g/mol. The summed E-state index contributed by atoms with van der Waals surface area (Å²) in [7, 11) is 0. The molecule has 1 heterocycles. The molecule has 0 saturated carbocycles. The van der Waals surface area contributed by atoms with E-state index in [-0.39, 0.29) is 25.0 Å². The second kappa shape index (κ2) is 3.95. The third-order valence-corrected chi connectivity index (χ3v) is 1.36. The minimum atomic E-state index is -0.292. The Balaban J connectivity index is 2.35. The third kappa shape index (κ3) is 3.02. The molecule has 0 bridgehead atoms. The van der Waals surface area contributed by atoms with Gasteiger partial charge in [0.15, 0.2) is 0 Å². The molecule has 11 heavy (non-hydrogen) atoms. The molecule has 4 heteroatoms. The maximum atomic E-state index is 10.7. The Morgan fingerprint density at radius 3 is 2.36 bits per heavy atom. The zero-order valence-electron chi connectivity index (χ0n) is 6.17. The van der Waals surface area contributed by atoms with Gasteiger partial charge in [0.05, 0.1) is 13.0 Å². The van der Waals surface area contributed by atoms with Gasteiger partial charge in [-0.1, -0.05) is 0 Å². The van der Waals surface area contributed by atoms with Crippen molar-refractivity contribution in [3.63, 3.8) is 0 Å². The maximum Gasteiger partial charge on any atom is 0.309 e. The molecule has 0 N–H and O–H groups in total. The summed E-state index contributed by atoms with van der Waals surface area (Å²) in [6.07, 6.45) is 1.07. The molecule has 0 aliphatic carbocycles. The van der Waals surface area contributed by atoms with Crippen molar-refractivity contribution in [3.8, 4) is 0 Å². The molecule has 0 spiro atoms. The van der Waals surface area contributed by atoms with Crippen LogP contribution in [0.1, 0.15) is 19.3 Å². The lowest BCUT2D eigenvalue weighted by Crippen LogP contribution is -2.07. The van der Waals surface area contributed by atoms with Crippen LogP contribution in [0.25, 0.3) is 0 Å². The van der Waals surface area contributed by atoms with Crippen molar-refractivity contribution in [2.75, 3.05) is 13.2 Å². The van der Waals surface area contributed by atoms with Gasteiger partial charge in [-0.05, 0) is 6.42 Å². The van der Waals surface area contributed by atoms with Gasteiger partial charge in [0.25, 0.3) is 0 Å². The van der Waals surface area contributed by atoms with E-state index in [1.165, 1.54) is 0 Å². The summed E-state index contributed by atoms with van der Waals surface area (Å²) in [4.78, 5) is 21.4. The minimum absolute atomic E-state index is 0.150. The molecule has 0 aromatic rings. The van der Waals surface area contributed by atoms with Crippen LogP contribution in [-0.4, -0.2) is 25.2 Å². The SMILES string of the molecule is O=C1CCCOC(=O)CCO1. The molecule has 1 fully saturated rings. The number of hydrogen-bond acceptors (Lipinski definition) is 4. The lowest BCUT2D eigenvalue weighted by atomic mass is 10.3. The summed E-state index contributed by atoms with van der Waals surface area (Å²) >= 11 is 0. The molecule has 4 nitrogen and oxygen atoms in total. The molecule has 0 atom stereocenters. The van der Waals surface area contributed by atoms with Crippen molar-refractivity contribution in [2.45, 2.75) is 19.3 Å². The second-order valence-electron chi connectivity index (χ2n) is 2.29. The van der Waals surface area contributed by atoms with E-state index in [1.54, 1.807) is 0 Å². The molecule has 1 saturated heterocycles. The quantitative estimate of drug-likeness (QED) is 0.474. The predicted molar refractivity (Wildman–Crippen MR) is 35.8 cm³/mol. The van der Waals surface area contributed by atoms with Crippen LogP contribution in [0.3, 0.4) is 0 Å². The van der Waals surface area contributed by atoms with Gasteiger partial charge in [0.1, 0.15) is 6.61 Å². The summed E-state index contributed by atoms with van der Waals surface area (Å²) in [5, 5.41) is 0. The highest BCUT2D eigenvalue weighted by atomic mass is 16.5. The van der Waals surface area contributed by atoms with Crippen molar-refractivity contribution in [1.29, 1.82) is 0 Å². The van der Waals surface area contributed by atoms with E-state index in [9.17, 15) is 9.59 Å². The largest absolute Gasteiger partial charge is 0.466 e. The molecule has 1 aliphatic heterocycles. The Labute approximate surface area is 64.5 Å². The van der Waals surface area contributed by atoms with E-state index in [2.05, 4.69) is 0 Å². The number of esters is 2. The number of carbonyl (C=O) groups excluding carboxylic acids is 2. The van der Waals surface area contributed by atoms with Crippen LogP contribution in [0, 0.1) is 0 Å². The summed E-state index contributed by atoms with van der Waals surface area (Å²) in [6.45, 7) is 0.478. The fourth-order valence-electron chi connectivity index (χ4n) is 0.795. The summed E-state index contributed by atoms with van der Waals surface area (Å²) < 4.78 is 9.43. The normalized spacial score (nSPS) is 20.7. The van der Waals surface area contributed by atoms with Crippen molar-refractivity contribution in [3.05, 3.63) is 0 Å². The molecule has 0 aromatic carbocycles. The first-order chi connectivity index (χ1) is 5.29. The van der Waals surface area contributed by atoms with E-state index in [4.69, 9.17) is 9.47 Å². The highest BCUT2D eigenvalue weighted by molar-refractivity contribution is 5.72. The first kappa shape index (κ1) is 8.04. The number of hydrogen-bond donors (Lipinski definition) is 0. The summed E-state index contributed by atoms with van der Waals surface area (Å²) in [6, 6.07) is 0. The maximum absolute atomic E-state index is 10.7. The predicted octanol–water partition coefficient (Wildman–Crippen LogP) is 0.257. The van der Waals surface area contributed by atoms with Gasteiger partial charge in [-0.3, -0.25) is 9.59 Å². The van der Waals surface area contributed by atoms with Gasteiger partial charge in [-0.2, -0.15) is 0 Å². The highest BCUT2D eigenvalue weighted by Crippen LogP contribution is 2.00. The fraction of sp³-hybridized carbons (Fsp3) is 0.714. The Kier molecular flexibility index (Phi) is 2.89. The number of cyclic esters (lactones) is 2. The zero-order valence-corrected chi connectivity index (χ0v) is 6.17. The van der Waals surface area contributed by atoms with Gasteiger partial charge in [0.2, 0.25) is 0 Å². The highest BCUT2D eigenvalue weighted by Gasteiger charge is 2.10. The second-order valence-corrected chi connectivity index (χ2v) is 2.29. The van der Waals surface area contributed by atoms with Crippen molar-refractivity contribution < 1.29 is 19.1 Å². The van der Waals surface area contributed by atoms with Gasteiger partial charge < -0.3 is 9.47 Å². The van der Waals surface area contributed by atoms with Crippen molar-refractivity contribution >= 4 is 11.9 Å². The van der Waals surface area contributed by atoms with Crippen LogP contribution in [0.4, 0.5) is 0 Å². The molecule has 0 amide bonds. The van der Waals surface area contributed by atoms with Gasteiger partial charge >= 0.3 is 11.9 Å². The van der Waals surface area contributed by atoms with Crippen LogP contribution in [-0.2, 0) is 19.1 Å². The summed E-state index contributed by atoms with van der Waals surface area (Å²) in [5.74, 6) is -0.539. The number of carbonyl (C=O) groups is 2. The third-order valence-electron chi connectivity index (χ3n) is 1.36. The van der Waals surface area contributed by atoms with Crippen LogP contribution in [0.5, 0.6) is 0 Å². The van der Waals surface area contributed by atoms with E-state index in [0.29, 0.717) is 19.4 Å². The fourth-order valence-corrected chi connectivity index (χ4v) is 0.795. The molecule has 62 valence electrons. The summed E-state index contributed by atoms with van der Waals surface area (Å²) in [5.41, 5.74) is 0. The Morgan fingerprint density at radius 2 is 1.55 bits per heavy atom. The standard InChI is InChI=1S/C7H10O4/c8-6-2-1-4-10-7(9)3-5-11-6/h1-5H2. The Hall–Kier alpha value is -1.06. The van der Waals surface area contributed by atoms with Crippen molar-refractivity contribution in [1.82, 2.24) is 0 Å². The molecule has 0 radical (unpaired) electrons.